The first-order valence-electron chi connectivity index (χ1n) is 27.2. The number of hydrogen-bond acceptors (Lipinski definition) is 10. The van der Waals surface area contributed by atoms with Crippen LogP contribution in [0, 0.1) is 0 Å². The molecule has 2 atom stereocenters. The van der Waals surface area contributed by atoms with E-state index in [0.717, 1.165) is 48.2 Å². The molecule has 0 fully saturated rings. The third kappa shape index (κ3) is 18.8. The molecule has 0 bridgehead atoms. The first-order valence-corrected chi connectivity index (χ1v) is 30.1. The molecule has 6 rings (SSSR count). The van der Waals surface area contributed by atoms with Crippen LogP contribution in [0.5, 0.6) is 0 Å². The summed E-state index contributed by atoms with van der Waals surface area (Å²) in [6.07, 6.45) is 32.3. The molecule has 0 saturated heterocycles. The predicted octanol–water partition coefficient (Wildman–Crippen LogP) is 15.2. The third-order valence-corrected chi connectivity index (χ3v) is 17.1. The molecule has 4 aromatic carbocycles. The average Bonchev–Trinajstić information content (AvgIpc) is 3.85. The van der Waals surface area contributed by atoms with Gasteiger partial charge in [-0.05, 0) is 48.2 Å². The fourth-order valence-corrected chi connectivity index (χ4v) is 12.5. The molecule has 388 valence electrons. The summed E-state index contributed by atoms with van der Waals surface area (Å²) < 4.78 is 76.3. The van der Waals surface area contributed by atoms with Gasteiger partial charge < -0.3 is 29.5 Å². The van der Waals surface area contributed by atoms with E-state index in [1.165, 1.54) is 128 Å². The number of rotatable bonds is 34. The molecule has 0 aliphatic carbocycles. The number of nitrogens with zero attached hydrogens (tertiary/aromatic N) is 2. The number of hydrogen-bond donors (Lipinski definition) is 2. The van der Waals surface area contributed by atoms with Crippen molar-refractivity contribution in [3.05, 3.63) is 120 Å². The second-order valence-electron chi connectivity index (χ2n) is 19.9. The minimum Gasteiger partial charge on any atom is -0.745 e. The number of para-hydroxylation sites is 4. The van der Waals surface area contributed by atoms with Crippen LogP contribution in [0.2, 0.25) is 0 Å². The van der Waals surface area contributed by atoms with E-state index in [2.05, 4.69) is 24.5 Å². The van der Waals surface area contributed by atoms with Crippen LogP contribution in [0.25, 0.3) is 0 Å². The Bertz CT molecular complexity index is 2130. The Morgan fingerprint density at radius 3 is 0.915 bits per heavy atom. The topological polar surface area (TPSA) is 145 Å². The molecule has 0 aromatic heterocycles. The fourth-order valence-electron chi connectivity index (χ4n) is 10.3. The Labute approximate surface area is 460 Å². The Morgan fingerprint density at radius 1 is 0.380 bits per heavy atom. The van der Waals surface area contributed by atoms with Gasteiger partial charge in [0.1, 0.15) is 20.2 Å². The Kier molecular flexibility index (Phi) is 27.8. The molecule has 10 nitrogen and oxygen atoms in total. The van der Waals surface area contributed by atoms with Gasteiger partial charge in [0.15, 0.2) is 0 Å². The van der Waals surface area contributed by atoms with Gasteiger partial charge in [-0.2, -0.15) is 0 Å². The Morgan fingerprint density at radius 2 is 0.634 bits per heavy atom. The van der Waals surface area contributed by atoms with Crippen LogP contribution >= 0.6 is 0 Å². The fraction of sp³-hybridized carbons (Fsp3) is 0.586. The molecule has 71 heavy (non-hydrogen) atoms. The minimum atomic E-state index is -4.65. The van der Waals surface area contributed by atoms with Crippen molar-refractivity contribution >= 4 is 80.7 Å². The number of anilines is 4. The molecular formula is C58H86CaN4O6S2. The zero-order valence-corrected chi connectivity index (χ0v) is 47.3. The van der Waals surface area contributed by atoms with Crippen molar-refractivity contribution in [2.75, 3.05) is 20.4 Å². The minimum absolute atomic E-state index is 0. The Balaban J connectivity index is 0.000000304. The summed E-state index contributed by atoms with van der Waals surface area (Å²) in [6.45, 7) is 5.24. The molecule has 0 saturated carbocycles. The average molecular weight is 1040 g/mol. The Hall–Kier alpha value is -2.84. The first-order chi connectivity index (χ1) is 34.0. The van der Waals surface area contributed by atoms with Crippen LogP contribution in [0.15, 0.2) is 109 Å². The molecule has 4 aromatic rings. The van der Waals surface area contributed by atoms with Crippen LogP contribution in [-0.2, 0) is 33.3 Å². The zero-order valence-electron chi connectivity index (χ0n) is 43.5. The van der Waals surface area contributed by atoms with Crippen LogP contribution < -0.4 is 20.4 Å². The maximum atomic E-state index is 12.7. The first kappa shape index (κ1) is 60.7. The van der Waals surface area contributed by atoms with Crippen LogP contribution in [0.1, 0.15) is 205 Å². The molecule has 13 heteroatoms. The molecule has 2 aliphatic rings. The van der Waals surface area contributed by atoms with E-state index < -0.39 is 30.2 Å². The summed E-state index contributed by atoms with van der Waals surface area (Å²) in [4.78, 5) is 0.232. The molecule has 2 aliphatic heterocycles. The summed E-state index contributed by atoms with van der Waals surface area (Å²) in [7, 11) is -9.31. The number of unbranched alkanes of at least 4 members (excludes halogenated alkanes) is 24. The molecule has 0 amide bonds. The maximum Gasteiger partial charge on any atom is 2.00 e. The third-order valence-electron chi connectivity index (χ3n) is 14.4. The molecule has 2 heterocycles. The van der Waals surface area contributed by atoms with E-state index in [-0.39, 0.29) is 50.6 Å². The van der Waals surface area contributed by atoms with Gasteiger partial charge in [-0.1, -0.05) is 253 Å². The number of fused-ring (bicyclic) bond motifs is 2. The van der Waals surface area contributed by atoms with Crippen LogP contribution in [-0.4, -0.2) is 73.7 Å². The van der Waals surface area contributed by atoms with Crippen molar-refractivity contribution in [3.63, 3.8) is 0 Å². The zero-order chi connectivity index (χ0) is 50.0. The van der Waals surface area contributed by atoms with Gasteiger partial charge in [-0.3, -0.25) is 0 Å². The van der Waals surface area contributed by atoms with Gasteiger partial charge in [0, 0.05) is 25.9 Å². The number of benzene rings is 4. The van der Waals surface area contributed by atoms with E-state index >= 15 is 0 Å². The van der Waals surface area contributed by atoms with Crippen molar-refractivity contribution in [2.45, 2.75) is 217 Å². The molecular weight excluding hydrogens is 953 g/mol. The second kappa shape index (κ2) is 32.5. The van der Waals surface area contributed by atoms with Gasteiger partial charge >= 0.3 is 37.7 Å². The summed E-state index contributed by atoms with van der Waals surface area (Å²) in [5, 5.41) is 6.25. The van der Waals surface area contributed by atoms with Gasteiger partial charge in [0.05, 0.1) is 22.7 Å². The van der Waals surface area contributed by atoms with Crippen molar-refractivity contribution in [1.82, 2.24) is 0 Å². The SMILES string of the molecule is CCCCCCCCCCCCCCCC1(S(=O)(=O)[O-])Nc2ccccc2N1Cc1ccccc1.CCCCCCCCCCCCCCCC1(S(=O)(=O)[O-])Nc2ccccc2N1Cc1ccccc1.[Ca+2]. The molecule has 0 spiro atoms. The van der Waals surface area contributed by atoms with Gasteiger partial charge in [-0.25, -0.2) is 16.8 Å². The smallest absolute Gasteiger partial charge is 0.745 e. The van der Waals surface area contributed by atoms with Crippen molar-refractivity contribution in [3.8, 4) is 0 Å². The monoisotopic (exact) mass is 1040 g/mol. The van der Waals surface area contributed by atoms with Crippen LogP contribution in [0.4, 0.5) is 22.7 Å². The molecule has 2 N–H and O–H groups in total. The largest absolute Gasteiger partial charge is 2.00 e. The summed E-state index contributed by atoms with van der Waals surface area (Å²) >= 11 is 0. The van der Waals surface area contributed by atoms with Gasteiger partial charge in [-0.15, -0.1) is 0 Å². The standard InChI is InChI=1S/2C29H44N2O3S.Ca/c2*1-2-3-4-5-6-7-8-9-10-11-12-13-19-24-29(35(32,33)34)30-27-22-17-18-23-28(27)31(29)25-26-20-15-14-16-21-26;/h2*14-18,20-23,30H,2-13,19,24-25H2,1H3,(H,32,33,34);/q;;+2/p-2. The van der Waals surface area contributed by atoms with E-state index in [0.29, 0.717) is 37.3 Å². The van der Waals surface area contributed by atoms with Crippen LogP contribution in [0.3, 0.4) is 0 Å². The van der Waals surface area contributed by atoms with Crippen molar-refractivity contribution in [1.29, 1.82) is 0 Å². The van der Waals surface area contributed by atoms with E-state index in [4.69, 9.17) is 0 Å². The quantitative estimate of drug-likeness (QED) is 0.0263. The van der Waals surface area contributed by atoms with E-state index in [1.807, 2.05) is 109 Å². The van der Waals surface area contributed by atoms with Crippen molar-refractivity contribution < 1.29 is 25.9 Å². The van der Waals surface area contributed by atoms with E-state index in [9.17, 15) is 25.9 Å². The normalized spacial score (nSPS) is 17.1. The van der Waals surface area contributed by atoms with Crippen molar-refractivity contribution in [2.24, 2.45) is 0 Å². The van der Waals surface area contributed by atoms with Gasteiger partial charge in [0.2, 0.25) is 9.99 Å². The molecule has 0 radical (unpaired) electrons. The summed E-state index contributed by atoms with van der Waals surface area (Å²) in [6, 6.07) is 34.5. The van der Waals surface area contributed by atoms with E-state index in [1.54, 1.807) is 9.80 Å². The molecule has 2 unspecified atom stereocenters. The summed E-state index contributed by atoms with van der Waals surface area (Å²) in [5.41, 5.74) is 4.90. The second-order valence-corrected chi connectivity index (χ2v) is 23.1. The van der Waals surface area contributed by atoms with Gasteiger partial charge in [0.25, 0.3) is 0 Å². The predicted molar refractivity (Wildman–Crippen MR) is 297 cm³/mol. The number of nitrogens with one attached hydrogen (secondary N) is 2. The maximum absolute atomic E-state index is 12.7. The summed E-state index contributed by atoms with van der Waals surface area (Å²) in [5.74, 6) is 0.